The highest BCUT2D eigenvalue weighted by Gasteiger charge is 2.10. The number of aromatic nitrogens is 2. The summed E-state index contributed by atoms with van der Waals surface area (Å²) in [6.07, 6.45) is 4.80. The number of benzene rings is 1. The molecule has 0 spiro atoms. The number of nitrogens with one attached hydrogen (secondary N) is 2. The predicted molar refractivity (Wildman–Crippen MR) is 112 cm³/mol. The summed E-state index contributed by atoms with van der Waals surface area (Å²) in [5.74, 6) is 0.863. The van der Waals surface area contributed by atoms with Gasteiger partial charge < -0.3 is 15.4 Å². The predicted octanol–water partition coefficient (Wildman–Crippen LogP) is 1.86. The fraction of sp³-hybridized carbons (Fsp3) is 0.524. The van der Waals surface area contributed by atoms with Crippen LogP contribution in [-0.4, -0.2) is 60.0 Å². The van der Waals surface area contributed by atoms with E-state index in [1.54, 1.807) is 0 Å². The van der Waals surface area contributed by atoms with Gasteiger partial charge in [0.15, 0.2) is 5.96 Å². The molecule has 0 radical (unpaired) electrons. The molecule has 3 rings (SSSR count). The summed E-state index contributed by atoms with van der Waals surface area (Å²) >= 11 is 0. The van der Waals surface area contributed by atoms with Crippen molar-refractivity contribution in [2.24, 2.45) is 4.99 Å². The topological polar surface area (TPSA) is 66.7 Å². The molecule has 1 fully saturated rings. The van der Waals surface area contributed by atoms with Crippen molar-refractivity contribution in [1.82, 2.24) is 25.3 Å². The number of aryl methyl sites for hydroxylation is 1. The van der Waals surface area contributed by atoms with Crippen LogP contribution in [0.25, 0.3) is 0 Å². The van der Waals surface area contributed by atoms with E-state index >= 15 is 0 Å². The summed E-state index contributed by atoms with van der Waals surface area (Å²) < 4.78 is 7.38. The number of ether oxygens (including phenoxy) is 1. The summed E-state index contributed by atoms with van der Waals surface area (Å²) in [4.78, 5) is 7.19. The minimum atomic E-state index is 0.672. The first-order valence-corrected chi connectivity index (χ1v) is 10.2. The number of rotatable bonds is 9. The third-order valence-electron chi connectivity index (χ3n) is 4.68. The Morgan fingerprint density at radius 1 is 1.18 bits per heavy atom. The van der Waals surface area contributed by atoms with Gasteiger partial charge in [-0.2, -0.15) is 5.10 Å². The van der Waals surface area contributed by atoms with Crippen LogP contribution in [0.15, 0.2) is 47.7 Å². The lowest BCUT2D eigenvalue weighted by molar-refractivity contribution is 0.0342. The third-order valence-corrected chi connectivity index (χ3v) is 4.68. The van der Waals surface area contributed by atoms with Crippen molar-refractivity contribution < 1.29 is 4.74 Å². The molecule has 152 valence electrons. The molecule has 2 heterocycles. The SMILES string of the molecule is CCNC(=NCc1cccc(CN2CCOCC2)c1)NCCCn1cccn1. The van der Waals surface area contributed by atoms with Gasteiger partial charge in [-0.1, -0.05) is 24.3 Å². The lowest BCUT2D eigenvalue weighted by Crippen LogP contribution is -2.38. The Bertz CT molecular complexity index is 709. The third kappa shape index (κ3) is 6.98. The molecule has 1 aromatic carbocycles. The molecule has 2 aromatic rings. The minimum Gasteiger partial charge on any atom is -0.379 e. The summed E-state index contributed by atoms with van der Waals surface area (Å²) in [5.41, 5.74) is 2.58. The van der Waals surface area contributed by atoms with Crippen LogP contribution < -0.4 is 10.6 Å². The monoisotopic (exact) mass is 384 g/mol. The van der Waals surface area contributed by atoms with Gasteiger partial charge >= 0.3 is 0 Å². The first-order chi connectivity index (χ1) is 13.8. The maximum Gasteiger partial charge on any atom is 0.191 e. The molecule has 0 atom stereocenters. The van der Waals surface area contributed by atoms with Crippen molar-refractivity contribution in [3.63, 3.8) is 0 Å². The Labute approximate surface area is 167 Å². The molecule has 2 N–H and O–H groups in total. The second-order valence-electron chi connectivity index (χ2n) is 6.95. The van der Waals surface area contributed by atoms with E-state index in [1.807, 2.05) is 23.1 Å². The van der Waals surface area contributed by atoms with Crippen molar-refractivity contribution in [3.05, 3.63) is 53.9 Å². The van der Waals surface area contributed by atoms with Gasteiger partial charge in [0.1, 0.15) is 0 Å². The molecular formula is C21H32N6O. The fourth-order valence-corrected chi connectivity index (χ4v) is 3.24. The zero-order valence-electron chi connectivity index (χ0n) is 16.8. The average molecular weight is 385 g/mol. The Morgan fingerprint density at radius 2 is 2.04 bits per heavy atom. The molecule has 1 saturated heterocycles. The van der Waals surface area contributed by atoms with E-state index in [4.69, 9.17) is 9.73 Å². The number of aliphatic imine (C=N–C) groups is 1. The quantitative estimate of drug-likeness (QED) is 0.392. The molecule has 0 bridgehead atoms. The molecule has 1 aromatic heterocycles. The maximum atomic E-state index is 5.43. The standard InChI is InChI=1S/C21H32N6O/c1-2-22-21(23-8-4-10-27-11-5-9-25-27)24-17-19-6-3-7-20(16-19)18-26-12-14-28-15-13-26/h3,5-7,9,11,16H,2,4,8,10,12-15,17-18H2,1H3,(H2,22,23,24). The zero-order chi connectivity index (χ0) is 19.4. The first kappa shape index (κ1) is 20.4. The van der Waals surface area contributed by atoms with Crippen molar-refractivity contribution in [2.45, 2.75) is 33.0 Å². The minimum absolute atomic E-state index is 0.672. The Kier molecular flexibility index (Phi) is 8.33. The van der Waals surface area contributed by atoms with Gasteiger partial charge in [-0.05, 0) is 30.5 Å². The van der Waals surface area contributed by atoms with Crippen LogP contribution in [0.2, 0.25) is 0 Å². The van der Waals surface area contributed by atoms with Crippen LogP contribution in [-0.2, 0) is 24.4 Å². The zero-order valence-corrected chi connectivity index (χ0v) is 16.8. The normalized spacial score (nSPS) is 15.5. The Morgan fingerprint density at radius 3 is 2.82 bits per heavy atom. The average Bonchev–Trinajstić information content (AvgIpc) is 3.24. The number of hydrogen-bond donors (Lipinski definition) is 2. The van der Waals surface area contributed by atoms with E-state index in [9.17, 15) is 0 Å². The number of guanidine groups is 1. The highest BCUT2D eigenvalue weighted by molar-refractivity contribution is 5.79. The Hall–Kier alpha value is -2.38. The van der Waals surface area contributed by atoms with Gasteiger partial charge in [0, 0.05) is 51.7 Å². The van der Waals surface area contributed by atoms with Crippen LogP contribution in [0.5, 0.6) is 0 Å². The van der Waals surface area contributed by atoms with E-state index in [-0.39, 0.29) is 0 Å². The highest BCUT2D eigenvalue weighted by Crippen LogP contribution is 2.11. The van der Waals surface area contributed by atoms with E-state index in [0.29, 0.717) is 6.54 Å². The van der Waals surface area contributed by atoms with Gasteiger partial charge in [-0.3, -0.25) is 9.58 Å². The number of morpholine rings is 1. The van der Waals surface area contributed by atoms with Gasteiger partial charge in [-0.15, -0.1) is 0 Å². The van der Waals surface area contributed by atoms with E-state index in [2.05, 4.69) is 51.8 Å². The molecule has 7 heteroatoms. The molecule has 7 nitrogen and oxygen atoms in total. The highest BCUT2D eigenvalue weighted by atomic mass is 16.5. The smallest absolute Gasteiger partial charge is 0.191 e. The van der Waals surface area contributed by atoms with Crippen LogP contribution in [0.1, 0.15) is 24.5 Å². The molecule has 0 saturated carbocycles. The number of hydrogen-bond acceptors (Lipinski definition) is 4. The lowest BCUT2D eigenvalue weighted by atomic mass is 10.1. The van der Waals surface area contributed by atoms with Gasteiger partial charge in [-0.25, -0.2) is 4.99 Å². The van der Waals surface area contributed by atoms with Crippen molar-refractivity contribution in [3.8, 4) is 0 Å². The van der Waals surface area contributed by atoms with Gasteiger partial charge in [0.25, 0.3) is 0 Å². The van der Waals surface area contributed by atoms with Crippen molar-refractivity contribution in [2.75, 3.05) is 39.4 Å². The van der Waals surface area contributed by atoms with Crippen molar-refractivity contribution >= 4 is 5.96 Å². The van der Waals surface area contributed by atoms with E-state index < -0.39 is 0 Å². The van der Waals surface area contributed by atoms with Crippen molar-refractivity contribution in [1.29, 1.82) is 0 Å². The number of nitrogens with zero attached hydrogens (tertiary/aromatic N) is 4. The van der Waals surface area contributed by atoms with Crippen LogP contribution in [0.4, 0.5) is 0 Å². The van der Waals surface area contributed by atoms with E-state index in [1.165, 1.54) is 11.1 Å². The van der Waals surface area contributed by atoms with Crippen LogP contribution in [0, 0.1) is 0 Å². The Balaban J connectivity index is 1.48. The molecule has 1 aliphatic heterocycles. The molecule has 0 amide bonds. The summed E-state index contributed by atoms with van der Waals surface area (Å²) in [6.45, 7) is 10.0. The van der Waals surface area contributed by atoms with E-state index in [0.717, 1.165) is 64.9 Å². The molecule has 0 aliphatic carbocycles. The second kappa shape index (κ2) is 11.5. The molecular weight excluding hydrogens is 352 g/mol. The van der Waals surface area contributed by atoms with Crippen LogP contribution >= 0.6 is 0 Å². The lowest BCUT2D eigenvalue weighted by Gasteiger charge is -2.26. The molecule has 0 unspecified atom stereocenters. The summed E-state index contributed by atoms with van der Waals surface area (Å²) in [6, 6.07) is 10.7. The maximum absolute atomic E-state index is 5.43. The molecule has 1 aliphatic rings. The second-order valence-corrected chi connectivity index (χ2v) is 6.95. The summed E-state index contributed by atoms with van der Waals surface area (Å²) in [7, 11) is 0. The molecule has 28 heavy (non-hydrogen) atoms. The fourth-order valence-electron chi connectivity index (χ4n) is 3.24. The van der Waals surface area contributed by atoms with Gasteiger partial charge in [0.05, 0.1) is 19.8 Å². The van der Waals surface area contributed by atoms with Crippen LogP contribution in [0.3, 0.4) is 0 Å². The largest absolute Gasteiger partial charge is 0.379 e. The summed E-state index contributed by atoms with van der Waals surface area (Å²) in [5, 5.41) is 11.0. The first-order valence-electron chi connectivity index (χ1n) is 10.2. The van der Waals surface area contributed by atoms with Gasteiger partial charge in [0.2, 0.25) is 0 Å².